The van der Waals surface area contributed by atoms with Gasteiger partial charge in [-0.3, -0.25) is 4.90 Å². The molecule has 1 aliphatic rings. The zero-order valence-electron chi connectivity index (χ0n) is 12.8. The van der Waals surface area contributed by atoms with Gasteiger partial charge in [0.1, 0.15) is 0 Å². The molecule has 0 spiro atoms. The van der Waals surface area contributed by atoms with Crippen molar-refractivity contribution in [3.05, 3.63) is 34.9 Å². The average Bonchev–Trinajstić information content (AvgIpc) is 2.48. The van der Waals surface area contributed by atoms with E-state index in [0.717, 1.165) is 0 Å². The Morgan fingerprint density at radius 1 is 1.23 bits per heavy atom. The van der Waals surface area contributed by atoms with Gasteiger partial charge in [-0.1, -0.05) is 29.8 Å². The molecule has 1 saturated heterocycles. The van der Waals surface area contributed by atoms with E-state index in [2.05, 4.69) is 4.90 Å². The second-order valence-corrected chi connectivity index (χ2v) is 8.08. The number of aliphatic hydroxyl groups excluding tert-OH is 1. The van der Waals surface area contributed by atoms with Crippen LogP contribution in [0.25, 0.3) is 0 Å². The Morgan fingerprint density at radius 3 is 2.36 bits per heavy atom. The first-order chi connectivity index (χ1) is 10.3. The maximum Gasteiger partial charge on any atom is 0.281 e. The van der Waals surface area contributed by atoms with Crippen LogP contribution in [0, 0.1) is 0 Å². The van der Waals surface area contributed by atoms with Gasteiger partial charge in [0, 0.05) is 57.4 Å². The highest BCUT2D eigenvalue weighted by Crippen LogP contribution is 2.23. The lowest BCUT2D eigenvalue weighted by atomic mass is 10.1. The first-order valence-corrected chi connectivity index (χ1v) is 8.92. The SMILES string of the molecule is CN(C)S(=O)(=O)N1CCN(C[C@@H](O)c2ccccc2Cl)CC1. The maximum absolute atomic E-state index is 12.0. The topological polar surface area (TPSA) is 64.1 Å². The number of hydrogen-bond donors (Lipinski definition) is 1. The van der Waals surface area contributed by atoms with Crippen molar-refractivity contribution in [1.29, 1.82) is 0 Å². The second-order valence-electron chi connectivity index (χ2n) is 5.53. The largest absolute Gasteiger partial charge is 0.387 e. The van der Waals surface area contributed by atoms with Gasteiger partial charge in [-0.05, 0) is 6.07 Å². The smallest absolute Gasteiger partial charge is 0.281 e. The van der Waals surface area contributed by atoms with E-state index in [1.54, 1.807) is 12.1 Å². The highest BCUT2D eigenvalue weighted by atomic mass is 35.5. The van der Waals surface area contributed by atoms with Crippen LogP contribution in [-0.4, -0.2) is 73.9 Å². The van der Waals surface area contributed by atoms with Crippen LogP contribution in [0.1, 0.15) is 11.7 Å². The Morgan fingerprint density at radius 2 is 1.82 bits per heavy atom. The lowest BCUT2D eigenvalue weighted by molar-refractivity contribution is 0.0912. The molecule has 124 valence electrons. The summed E-state index contributed by atoms with van der Waals surface area (Å²) in [5.41, 5.74) is 0.701. The van der Waals surface area contributed by atoms with Gasteiger partial charge >= 0.3 is 0 Å². The summed E-state index contributed by atoms with van der Waals surface area (Å²) >= 11 is 6.08. The monoisotopic (exact) mass is 347 g/mol. The van der Waals surface area contributed by atoms with Gasteiger partial charge < -0.3 is 5.11 Å². The summed E-state index contributed by atoms with van der Waals surface area (Å²) in [7, 11) is -0.293. The number of β-amino-alcohol motifs (C(OH)–C–C–N with tert-alkyl or cyclic N) is 1. The van der Waals surface area contributed by atoms with E-state index < -0.39 is 16.3 Å². The van der Waals surface area contributed by atoms with Crippen LogP contribution in [0.5, 0.6) is 0 Å². The normalized spacial score (nSPS) is 19.5. The third-order valence-corrected chi connectivity index (χ3v) is 6.10. The molecule has 2 rings (SSSR count). The fraction of sp³-hybridized carbons (Fsp3) is 0.571. The predicted molar refractivity (Wildman–Crippen MR) is 87.0 cm³/mol. The summed E-state index contributed by atoms with van der Waals surface area (Å²) in [6.07, 6.45) is -0.675. The molecule has 1 atom stereocenters. The van der Waals surface area contributed by atoms with Crippen LogP contribution in [0.15, 0.2) is 24.3 Å². The van der Waals surface area contributed by atoms with E-state index >= 15 is 0 Å². The maximum atomic E-state index is 12.0. The van der Waals surface area contributed by atoms with Gasteiger partial charge in [0.05, 0.1) is 6.10 Å². The minimum atomic E-state index is -3.35. The number of aliphatic hydroxyl groups is 1. The third-order valence-electron chi connectivity index (χ3n) is 3.81. The van der Waals surface area contributed by atoms with E-state index in [1.807, 2.05) is 12.1 Å². The van der Waals surface area contributed by atoms with Crippen LogP contribution < -0.4 is 0 Å². The number of piperazine rings is 1. The summed E-state index contributed by atoms with van der Waals surface area (Å²) in [6.45, 7) is 2.48. The van der Waals surface area contributed by atoms with Crippen LogP contribution in [-0.2, 0) is 10.2 Å². The van der Waals surface area contributed by atoms with Crippen molar-refractivity contribution in [2.75, 3.05) is 46.8 Å². The predicted octanol–water partition coefficient (Wildman–Crippen LogP) is 0.797. The molecule has 0 unspecified atom stereocenters. The molecular weight excluding hydrogens is 326 g/mol. The molecule has 0 aromatic heterocycles. The Labute approximate surface area is 137 Å². The van der Waals surface area contributed by atoms with Gasteiger partial charge in [0.15, 0.2) is 0 Å². The van der Waals surface area contributed by atoms with Gasteiger partial charge in [0.25, 0.3) is 10.2 Å². The Kier molecular flexibility index (Phi) is 5.81. The molecule has 0 saturated carbocycles. The molecule has 0 amide bonds. The molecule has 0 aliphatic carbocycles. The minimum Gasteiger partial charge on any atom is -0.387 e. The summed E-state index contributed by atoms with van der Waals surface area (Å²) < 4.78 is 26.8. The molecule has 0 bridgehead atoms. The third kappa shape index (κ3) is 3.98. The molecule has 1 aromatic carbocycles. The van der Waals surface area contributed by atoms with Crippen molar-refractivity contribution in [1.82, 2.24) is 13.5 Å². The molecule has 1 heterocycles. The zero-order valence-corrected chi connectivity index (χ0v) is 14.4. The first kappa shape index (κ1) is 17.7. The van der Waals surface area contributed by atoms with Gasteiger partial charge in [0.2, 0.25) is 0 Å². The van der Waals surface area contributed by atoms with Crippen LogP contribution in [0.2, 0.25) is 5.02 Å². The van der Waals surface area contributed by atoms with Crippen molar-refractivity contribution < 1.29 is 13.5 Å². The Hall–Kier alpha value is -0.700. The lowest BCUT2D eigenvalue weighted by Gasteiger charge is -2.36. The second kappa shape index (κ2) is 7.25. The lowest BCUT2D eigenvalue weighted by Crippen LogP contribution is -2.52. The number of rotatable bonds is 5. The highest BCUT2D eigenvalue weighted by Gasteiger charge is 2.29. The van der Waals surface area contributed by atoms with E-state index in [0.29, 0.717) is 43.3 Å². The fourth-order valence-corrected chi connectivity index (χ4v) is 3.81. The molecule has 1 N–H and O–H groups in total. The molecule has 6 nitrogen and oxygen atoms in total. The van der Waals surface area contributed by atoms with Crippen molar-refractivity contribution in [3.8, 4) is 0 Å². The molecule has 8 heteroatoms. The average molecular weight is 348 g/mol. The zero-order chi connectivity index (χ0) is 16.3. The Bertz CT molecular complexity index is 601. The van der Waals surface area contributed by atoms with Crippen molar-refractivity contribution >= 4 is 21.8 Å². The molecule has 22 heavy (non-hydrogen) atoms. The number of halogens is 1. The molecule has 1 aromatic rings. The number of hydrogen-bond acceptors (Lipinski definition) is 4. The molecule has 1 aliphatic heterocycles. The van der Waals surface area contributed by atoms with E-state index in [1.165, 1.54) is 22.7 Å². The molecule has 1 fully saturated rings. The van der Waals surface area contributed by atoms with E-state index in [-0.39, 0.29) is 0 Å². The number of nitrogens with zero attached hydrogens (tertiary/aromatic N) is 3. The van der Waals surface area contributed by atoms with Gasteiger partial charge in [-0.2, -0.15) is 17.0 Å². The number of benzene rings is 1. The molecule has 0 radical (unpaired) electrons. The quantitative estimate of drug-likeness (QED) is 0.855. The van der Waals surface area contributed by atoms with E-state index in [9.17, 15) is 13.5 Å². The van der Waals surface area contributed by atoms with Crippen molar-refractivity contribution in [2.24, 2.45) is 0 Å². The summed E-state index contributed by atoms with van der Waals surface area (Å²) in [6, 6.07) is 7.22. The van der Waals surface area contributed by atoms with Crippen LogP contribution in [0.3, 0.4) is 0 Å². The van der Waals surface area contributed by atoms with Crippen molar-refractivity contribution in [2.45, 2.75) is 6.10 Å². The summed E-state index contributed by atoms with van der Waals surface area (Å²) in [4.78, 5) is 2.05. The Balaban J connectivity index is 1.92. The summed E-state index contributed by atoms with van der Waals surface area (Å²) in [5.74, 6) is 0. The van der Waals surface area contributed by atoms with Crippen molar-refractivity contribution in [3.63, 3.8) is 0 Å². The first-order valence-electron chi connectivity index (χ1n) is 7.15. The molecular formula is C14H22ClN3O3S. The standard InChI is InChI=1S/C14H22ClN3O3S/c1-16(2)22(20,21)18-9-7-17(8-10-18)11-14(19)12-5-3-4-6-13(12)15/h3-6,14,19H,7-11H2,1-2H3/t14-/m1/s1. The fourth-order valence-electron chi connectivity index (χ4n) is 2.46. The van der Waals surface area contributed by atoms with Crippen LogP contribution >= 0.6 is 11.6 Å². The van der Waals surface area contributed by atoms with Gasteiger partial charge in [-0.15, -0.1) is 0 Å². The van der Waals surface area contributed by atoms with E-state index in [4.69, 9.17) is 11.6 Å². The van der Waals surface area contributed by atoms with Gasteiger partial charge in [-0.25, -0.2) is 0 Å². The minimum absolute atomic E-state index is 0.426. The highest BCUT2D eigenvalue weighted by molar-refractivity contribution is 7.86. The summed E-state index contributed by atoms with van der Waals surface area (Å²) in [5, 5.41) is 10.8. The van der Waals surface area contributed by atoms with Crippen LogP contribution in [0.4, 0.5) is 0 Å².